The average Bonchev–Trinajstić information content (AvgIpc) is 3.64. The number of benzene rings is 2. The van der Waals surface area contributed by atoms with Crippen LogP contribution in [0.4, 0.5) is 10.5 Å². The third-order valence-corrected chi connectivity index (χ3v) is 8.98. The summed E-state index contributed by atoms with van der Waals surface area (Å²) in [5, 5.41) is 22.4. The van der Waals surface area contributed by atoms with Gasteiger partial charge in [-0.1, -0.05) is 24.6 Å². The number of hydrogen-bond donors (Lipinski definition) is 4. The highest BCUT2D eigenvalue weighted by Crippen LogP contribution is 2.33. The summed E-state index contributed by atoms with van der Waals surface area (Å²) in [4.78, 5) is 31.7. The monoisotopic (exact) mass is 536 g/mol. The first-order valence-electron chi connectivity index (χ1n) is 13.1. The van der Waals surface area contributed by atoms with E-state index in [9.17, 15) is 14.9 Å². The zero-order valence-corrected chi connectivity index (χ0v) is 22.1. The van der Waals surface area contributed by atoms with Crippen molar-refractivity contribution in [2.45, 2.75) is 43.0 Å². The molecule has 3 amide bonds. The summed E-state index contributed by atoms with van der Waals surface area (Å²) in [6.45, 7) is 0. The lowest BCUT2D eigenvalue weighted by molar-refractivity contribution is -0.116. The summed E-state index contributed by atoms with van der Waals surface area (Å²) in [5.41, 5.74) is 3.87. The van der Waals surface area contributed by atoms with Gasteiger partial charge in [0.15, 0.2) is 0 Å². The second-order valence-corrected chi connectivity index (χ2v) is 11.3. The molecule has 2 fully saturated rings. The molecule has 9 heteroatoms. The predicted octanol–water partition coefficient (Wildman–Crippen LogP) is 5.44. The number of anilines is 1. The Hall–Kier alpha value is -4.29. The Morgan fingerprint density at radius 3 is 3.00 bits per heavy atom. The first kappa shape index (κ1) is 25.0. The molecule has 4 heterocycles. The second-order valence-electron chi connectivity index (χ2n) is 9.99. The van der Waals surface area contributed by atoms with E-state index in [2.05, 4.69) is 32.0 Å². The van der Waals surface area contributed by atoms with Crippen LogP contribution in [0.2, 0.25) is 0 Å². The molecule has 2 aliphatic rings. The van der Waals surface area contributed by atoms with Gasteiger partial charge in [-0.2, -0.15) is 17.0 Å². The molecule has 0 unspecified atom stereocenters. The lowest BCUT2D eigenvalue weighted by atomic mass is 10.00. The van der Waals surface area contributed by atoms with Crippen molar-refractivity contribution in [2.75, 3.05) is 11.1 Å². The van der Waals surface area contributed by atoms with E-state index in [1.807, 2.05) is 72.7 Å². The largest absolute Gasteiger partial charge is 0.361 e. The Morgan fingerprint density at radius 1 is 1.18 bits per heavy atom. The highest BCUT2D eigenvalue weighted by molar-refractivity contribution is 8.00. The van der Waals surface area contributed by atoms with Crippen LogP contribution in [0.3, 0.4) is 0 Å². The molecule has 0 bridgehead atoms. The molecule has 196 valence electrons. The topological polar surface area (TPSA) is 123 Å². The smallest absolute Gasteiger partial charge is 0.315 e. The molecular formula is C30H28N6O2S. The van der Waals surface area contributed by atoms with Crippen LogP contribution in [-0.2, 0) is 4.79 Å². The number of carbonyl (C=O) groups is 2. The quantitative estimate of drug-likeness (QED) is 0.136. The van der Waals surface area contributed by atoms with E-state index in [-0.39, 0.29) is 24.0 Å². The molecule has 0 aliphatic carbocycles. The van der Waals surface area contributed by atoms with Crippen molar-refractivity contribution in [1.82, 2.24) is 20.6 Å². The number of nitriles is 1. The average molecular weight is 537 g/mol. The number of unbranched alkanes of at least 4 members (excludes halogenated alkanes) is 1. The maximum Gasteiger partial charge on any atom is 0.315 e. The number of hydrogen-bond acceptors (Lipinski definition) is 5. The molecule has 0 spiro atoms. The first-order chi connectivity index (χ1) is 19.1. The Morgan fingerprint density at radius 2 is 2.10 bits per heavy atom. The van der Waals surface area contributed by atoms with E-state index in [1.165, 1.54) is 0 Å². The third-order valence-electron chi connectivity index (χ3n) is 7.47. The van der Waals surface area contributed by atoms with Crippen LogP contribution >= 0.6 is 11.8 Å². The molecule has 8 nitrogen and oxygen atoms in total. The summed E-state index contributed by atoms with van der Waals surface area (Å²) in [5.74, 6) is 0.917. The molecule has 0 radical (unpaired) electrons. The van der Waals surface area contributed by atoms with Crippen LogP contribution in [0.15, 0.2) is 61.1 Å². The molecule has 3 atom stereocenters. The number of rotatable bonds is 8. The fourth-order valence-electron chi connectivity index (χ4n) is 5.52. The van der Waals surface area contributed by atoms with Gasteiger partial charge in [0.05, 0.1) is 23.7 Å². The lowest BCUT2D eigenvalue weighted by Crippen LogP contribution is -2.36. The Kier molecular flexibility index (Phi) is 6.95. The minimum atomic E-state index is -0.0688. The van der Waals surface area contributed by atoms with E-state index >= 15 is 0 Å². The number of nitrogens with one attached hydrogen (secondary N) is 4. The van der Waals surface area contributed by atoms with Crippen LogP contribution in [0.25, 0.3) is 33.3 Å². The predicted molar refractivity (Wildman–Crippen MR) is 156 cm³/mol. The fraction of sp³-hybridized carbons (Fsp3) is 0.267. The van der Waals surface area contributed by atoms with Crippen LogP contribution in [0.1, 0.15) is 36.8 Å². The molecule has 6 rings (SSSR count). The molecule has 2 aliphatic heterocycles. The maximum atomic E-state index is 12.7. The van der Waals surface area contributed by atoms with Gasteiger partial charge in [0.2, 0.25) is 5.91 Å². The normalized spacial score (nSPS) is 20.4. The third kappa shape index (κ3) is 5.20. The van der Waals surface area contributed by atoms with Gasteiger partial charge in [-0.15, -0.1) is 0 Å². The van der Waals surface area contributed by atoms with Crippen LogP contribution in [-0.4, -0.2) is 45.0 Å². The van der Waals surface area contributed by atoms with E-state index in [0.717, 1.165) is 57.8 Å². The molecule has 2 aromatic carbocycles. The van der Waals surface area contributed by atoms with Crippen molar-refractivity contribution < 1.29 is 9.59 Å². The Labute approximate surface area is 230 Å². The molecule has 39 heavy (non-hydrogen) atoms. The van der Waals surface area contributed by atoms with Crippen molar-refractivity contribution >= 4 is 62.7 Å². The minimum Gasteiger partial charge on any atom is -0.361 e. The first-order valence-corrected chi connectivity index (χ1v) is 14.2. The highest BCUT2D eigenvalue weighted by Gasteiger charge is 2.42. The molecule has 2 aromatic heterocycles. The number of thioether (sulfide) groups is 1. The van der Waals surface area contributed by atoms with Gasteiger partial charge in [-0.25, -0.2) is 4.79 Å². The minimum absolute atomic E-state index is 0.0281. The van der Waals surface area contributed by atoms with Crippen molar-refractivity contribution in [2.24, 2.45) is 0 Å². The van der Waals surface area contributed by atoms with E-state index in [0.29, 0.717) is 22.9 Å². The van der Waals surface area contributed by atoms with E-state index < -0.39 is 0 Å². The molecule has 2 saturated heterocycles. The zero-order valence-electron chi connectivity index (χ0n) is 21.2. The summed E-state index contributed by atoms with van der Waals surface area (Å²) in [7, 11) is 0. The number of fused-ring (bicyclic) bond motifs is 3. The number of carbonyl (C=O) groups excluding carboxylic acids is 2. The van der Waals surface area contributed by atoms with Gasteiger partial charge in [-0.3, -0.25) is 9.78 Å². The number of amides is 3. The van der Waals surface area contributed by atoms with Crippen LogP contribution in [0.5, 0.6) is 0 Å². The van der Waals surface area contributed by atoms with Crippen molar-refractivity contribution in [3.8, 4) is 6.07 Å². The van der Waals surface area contributed by atoms with E-state index in [1.54, 1.807) is 6.20 Å². The number of urea groups is 1. The van der Waals surface area contributed by atoms with Crippen molar-refractivity contribution in [1.29, 1.82) is 5.26 Å². The number of aromatic nitrogens is 2. The van der Waals surface area contributed by atoms with Crippen molar-refractivity contribution in [3.63, 3.8) is 0 Å². The van der Waals surface area contributed by atoms with Gasteiger partial charge in [0.25, 0.3) is 0 Å². The van der Waals surface area contributed by atoms with Gasteiger partial charge in [0.1, 0.15) is 0 Å². The fourth-order valence-corrected chi connectivity index (χ4v) is 7.06. The Bertz CT molecular complexity index is 1630. The zero-order chi connectivity index (χ0) is 26.8. The molecular weight excluding hydrogens is 508 g/mol. The number of nitrogens with zero attached hydrogens (tertiary/aromatic N) is 2. The molecule has 0 saturated carbocycles. The summed E-state index contributed by atoms with van der Waals surface area (Å²) < 4.78 is 0. The summed E-state index contributed by atoms with van der Waals surface area (Å²) in [6.07, 6.45) is 10.5. The standard InChI is InChI=1S/C30H28N6O2S/c31-14-20(12-18-4-3-5-19-15-32-11-10-22(18)19)24-16-33-25-9-8-21(13-23(24)25)34-28(37)7-2-1-6-27-29-26(17-39-27)35-30(38)36-29/h3-5,8-13,15-16,26-27,29,33H,1-2,6-7,17H2,(H,34,37)(H2,35,36,38)/b20-12+/t26-,27-,29-/m1/s1. The van der Waals surface area contributed by atoms with Gasteiger partial charge in [-0.05, 0) is 54.1 Å². The van der Waals surface area contributed by atoms with Crippen LogP contribution < -0.4 is 16.0 Å². The van der Waals surface area contributed by atoms with Crippen molar-refractivity contribution in [3.05, 3.63) is 72.2 Å². The number of pyridine rings is 1. The number of allylic oxidation sites excluding steroid dienone is 1. The Balaban J connectivity index is 1.11. The highest BCUT2D eigenvalue weighted by atomic mass is 32.2. The second kappa shape index (κ2) is 10.8. The van der Waals surface area contributed by atoms with E-state index in [4.69, 9.17) is 0 Å². The summed E-state index contributed by atoms with van der Waals surface area (Å²) in [6, 6.07) is 16.3. The van der Waals surface area contributed by atoms with Gasteiger partial charge >= 0.3 is 6.03 Å². The number of aromatic amines is 1. The van der Waals surface area contributed by atoms with Gasteiger partial charge < -0.3 is 20.9 Å². The maximum absolute atomic E-state index is 12.7. The van der Waals surface area contributed by atoms with Gasteiger partial charge in [0, 0.05) is 63.6 Å². The van der Waals surface area contributed by atoms with Crippen LogP contribution in [0, 0.1) is 11.3 Å². The molecule has 4 aromatic rings. The lowest BCUT2D eigenvalue weighted by Gasteiger charge is -2.16. The SMILES string of the molecule is N#C/C(=C\c1cccc2cnccc12)c1c[nH]c2ccc(NC(=O)CCCC[C@H]3SC[C@H]4NC(=O)N[C@H]43)cc12. The molecule has 4 N–H and O–H groups in total. The number of H-pyrrole nitrogens is 1. The summed E-state index contributed by atoms with van der Waals surface area (Å²) >= 11 is 1.90.